The van der Waals surface area contributed by atoms with Crippen molar-refractivity contribution in [2.45, 2.75) is 23.6 Å². The van der Waals surface area contributed by atoms with E-state index in [1.54, 1.807) is 6.92 Å². The second kappa shape index (κ2) is 8.25. The van der Waals surface area contributed by atoms with Crippen molar-refractivity contribution in [1.29, 1.82) is 0 Å². The molecule has 3 aromatic carbocycles. The Morgan fingerprint density at radius 2 is 1.27 bits per heavy atom. The van der Waals surface area contributed by atoms with E-state index in [0.717, 1.165) is 6.07 Å². The first-order chi connectivity index (χ1) is 14.0. The standard InChI is InChI=1S/C20H18ClFN2O4S2/c1-13-3-9-17(11-19(13)22)30(27,28)24-20-12-18(10-4-14(20)2)29(25,26)23-16-7-5-15(21)6-8-16/h3-12,23-24H,1-2H3. The van der Waals surface area contributed by atoms with Gasteiger partial charge in [-0.3, -0.25) is 9.44 Å². The number of benzene rings is 3. The molecule has 0 unspecified atom stereocenters. The third-order valence-electron chi connectivity index (χ3n) is 4.31. The molecule has 0 fully saturated rings. The number of anilines is 2. The quantitative estimate of drug-likeness (QED) is 0.548. The van der Waals surface area contributed by atoms with Crippen LogP contribution in [-0.2, 0) is 20.0 Å². The zero-order valence-corrected chi connectivity index (χ0v) is 18.4. The van der Waals surface area contributed by atoms with Crippen molar-refractivity contribution in [2.24, 2.45) is 0 Å². The van der Waals surface area contributed by atoms with Crippen LogP contribution in [0.5, 0.6) is 0 Å². The first-order valence-corrected chi connectivity index (χ1v) is 12.0. The maximum atomic E-state index is 13.8. The summed E-state index contributed by atoms with van der Waals surface area (Å²) in [5, 5.41) is 0.456. The highest BCUT2D eigenvalue weighted by Crippen LogP contribution is 2.26. The number of halogens is 2. The van der Waals surface area contributed by atoms with Crippen LogP contribution in [0.25, 0.3) is 0 Å². The molecular formula is C20H18ClFN2O4S2. The molecule has 0 aliphatic rings. The van der Waals surface area contributed by atoms with Gasteiger partial charge in [-0.1, -0.05) is 23.7 Å². The lowest BCUT2D eigenvalue weighted by Gasteiger charge is -2.14. The van der Waals surface area contributed by atoms with Crippen LogP contribution in [0.4, 0.5) is 15.8 Å². The molecule has 3 aromatic rings. The van der Waals surface area contributed by atoms with E-state index in [-0.39, 0.29) is 15.5 Å². The van der Waals surface area contributed by atoms with E-state index in [4.69, 9.17) is 11.6 Å². The molecule has 0 bridgehead atoms. The summed E-state index contributed by atoms with van der Waals surface area (Å²) in [6.07, 6.45) is 0. The second-order valence-electron chi connectivity index (χ2n) is 6.61. The fourth-order valence-corrected chi connectivity index (χ4v) is 4.90. The topological polar surface area (TPSA) is 92.3 Å². The van der Waals surface area contributed by atoms with Gasteiger partial charge in [-0.15, -0.1) is 0 Å². The Hall–Kier alpha value is -2.62. The fourth-order valence-electron chi connectivity index (χ4n) is 2.55. The lowest BCUT2D eigenvalue weighted by molar-refractivity contribution is 0.592. The van der Waals surface area contributed by atoms with Crippen molar-refractivity contribution in [1.82, 2.24) is 0 Å². The number of aryl methyl sites for hydroxylation is 2. The number of hydrogen-bond donors (Lipinski definition) is 2. The van der Waals surface area contributed by atoms with E-state index in [1.165, 1.54) is 61.5 Å². The molecule has 0 atom stereocenters. The predicted octanol–water partition coefficient (Wildman–Crippen LogP) is 4.70. The summed E-state index contributed by atoms with van der Waals surface area (Å²) in [4.78, 5) is -0.409. The Morgan fingerprint density at radius 1 is 0.733 bits per heavy atom. The lowest BCUT2D eigenvalue weighted by Crippen LogP contribution is -2.16. The van der Waals surface area contributed by atoms with Crippen molar-refractivity contribution >= 4 is 43.0 Å². The SMILES string of the molecule is Cc1ccc(S(=O)(=O)Nc2cc(S(=O)(=O)Nc3ccc(Cl)cc3)ccc2C)cc1F. The molecule has 0 aliphatic heterocycles. The van der Waals surface area contributed by atoms with E-state index in [1.807, 2.05) is 0 Å². The van der Waals surface area contributed by atoms with Gasteiger partial charge in [0.1, 0.15) is 5.82 Å². The van der Waals surface area contributed by atoms with Gasteiger partial charge in [-0.25, -0.2) is 21.2 Å². The lowest BCUT2D eigenvalue weighted by atomic mass is 10.2. The van der Waals surface area contributed by atoms with Crippen molar-refractivity contribution < 1.29 is 21.2 Å². The van der Waals surface area contributed by atoms with E-state index in [9.17, 15) is 21.2 Å². The van der Waals surface area contributed by atoms with E-state index < -0.39 is 25.9 Å². The molecule has 2 N–H and O–H groups in total. The van der Waals surface area contributed by atoms with E-state index in [2.05, 4.69) is 9.44 Å². The largest absolute Gasteiger partial charge is 0.280 e. The summed E-state index contributed by atoms with van der Waals surface area (Å²) in [6, 6.07) is 13.7. The van der Waals surface area contributed by atoms with Crippen LogP contribution in [-0.4, -0.2) is 16.8 Å². The average Bonchev–Trinajstić information content (AvgIpc) is 2.67. The van der Waals surface area contributed by atoms with Crippen LogP contribution in [0.1, 0.15) is 11.1 Å². The monoisotopic (exact) mass is 468 g/mol. The minimum absolute atomic E-state index is 0.0648. The number of hydrogen-bond acceptors (Lipinski definition) is 4. The van der Waals surface area contributed by atoms with Crippen molar-refractivity contribution in [3.63, 3.8) is 0 Å². The van der Waals surface area contributed by atoms with E-state index in [0.29, 0.717) is 21.8 Å². The van der Waals surface area contributed by atoms with Crippen LogP contribution in [0.15, 0.2) is 70.5 Å². The first-order valence-electron chi connectivity index (χ1n) is 8.66. The van der Waals surface area contributed by atoms with Crippen LogP contribution in [0.3, 0.4) is 0 Å². The molecule has 0 spiro atoms. The number of rotatable bonds is 6. The fraction of sp³-hybridized carbons (Fsp3) is 0.100. The molecular weight excluding hydrogens is 451 g/mol. The number of nitrogens with one attached hydrogen (secondary N) is 2. The molecule has 158 valence electrons. The third-order valence-corrected chi connectivity index (χ3v) is 7.31. The Labute approximate surface area is 179 Å². The summed E-state index contributed by atoms with van der Waals surface area (Å²) in [5.74, 6) is -0.655. The minimum Gasteiger partial charge on any atom is -0.280 e. The molecule has 0 aliphatic carbocycles. The van der Waals surface area contributed by atoms with Crippen LogP contribution in [0, 0.1) is 19.7 Å². The predicted molar refractivity (Wildman–Crippen MR) is 115 cm³/mol. The van der Waals surface area contributed by atoms with Crippen molar-refractivity contribution in [3.05, 3.63) is 82.6 Å². The van der Waals surface area contributed by atoms with Gasteiger partial charge in [0, 0.05) is 10.7 Å². The Kier molecular flexibility index (Phi) is 6.07. The summed E-state index contributed by atoms with van der Waals surface area (Å²) >= 11 is 5.80. The minimum atomic E-state index is -4.12. The molecule has 6 nitrogen and oxygen atoms in total. The third kappa shape index (κ3) is 4.92. The molecule has 0 saturated heterocycles. The van der Waals surface area contributed by atoms with Gasteiger partial charge in [0.15, 0.2) is 0 Å². The zero-order valence-electron chi connectivity index (χ0n) is 16.0. The van der Waals surface area contributed by atoms with Crippen LogP contribution in [0.2, 0.25) is 5.02 Å². The summed E-state index contributed by atoms with van der Waals surface area (Å²) in [7, 11) is -8.11. The molecule has 0 saturated carbocycles. The molecule has 10 heteroatoms. The zero-order chi connectivity index (χ0) is 22.1. The first kappa shape index (κ1) is 22.1. The van der Waals surface area contributed by atoms with Gasteiger partial charge in [-0.05, 0) is 73.5 Å². The highest BCUT2D eigenvalue weighted by molar-refractivity contribution is 7.93. The van der Waals surface area contributed by atoms with Gasteiger partial charge < -0.3 is 0 Å². The summed E-state index contributed by atoms with van der Waals surface area (Å²) in [5.41, 5.74) is 1.18. The molecule has 30 heavy (non-hydrogen) atoms. The molecule has 0 aromatic heterocycles. The Bertz CT molecular complexity index is 1310. The van der Waals surface area contributed by atoms with Gasteiger partial charge in [0.25, 0.3) is 20.0 Å². The summed E-state index contributed by atoms with van der Waals surface area (Å²) in [6.45, 7) is 3.14. The smallest absolute Gasteiger partial charge is 0.262 e. The highest BCUT2D eigenvalue weighted by atomic mass is 35.5. The van der Waals surface area contributed by atoms with Gasteiger partial charge in [-0.2, -0.15) is 0 Å². The summed E-state index contributed by atoms with van der Waals surface area (Å²) < 4.78 is 69.2. The van der Waals surface area contributed by atoms with Gasteiger partial charge in [0.2, 0.25) is 0 Å². The molecule has 0 amide bonds. The highest BCUT2D eigenvalue weighted by Gasteiger charge is 2.20. The van der Waals surface area contributed by atoms with Crippen LogP contribution >= 0.6 is 11.6 Å². The van der Waals surface area contributed by atoms with Crippen molar-refractivity contribution in [2.75, 3.05) is 9.44 Å². The maximum Gasteiger partial charge on any atom is 0.262 e. The average molecular weight is 469 g/mol. The van der Waals surface area contributed by atoms with Crippen molar-refractivity contribution in [3.8, 4) is 0 Å². The Morgan fingerprint density at radius 3 is 1.87 bits per heavy atom. The molecule has 3 rings (SSSR count). The molecule has 0 heterocycles. The molecule has 0 radical (unpaired) electrons. The maximum absolute atomic E-state index is 13.8. The normalized spacial score (nSPS) is 11.9. The second-order valence-corrected chi connectivity index (χ2v) is 10.4. The van der Waals surface area contributed by atoms with Gasteiger partial charge >= 0.3 is 0 Å². The van der Waals surface area contributed by atoms with Crippen LogP contribution < -0.4 is 9.44 Å². The van der Waals surface area contributed by atoms with Gasteiger partial charge in [0.05, 0.1) is 15.5 Å². The number of sulfonamides is 2. The van der Waals surface area contributed by atoms with E-state index >= 15 is 0 Å². The Balaban J connectivity index is 1.92.